The van der Waals surface area contributed by atoms with E-state index < -0.39 is 10.0 Å². The Labute approximate surface area is 124 Å². The number of furan rings is 1. The van der Waals surface area contributed by atoms with Crippen LogP contribution in [-0.4, -0.2) is 56.8 Å². The molecule has 0 aromatic carbocycles. The number of hydrogen-bond donors (Lipinski definition) is 1. The van der Waals surface area contributed by atoms with E-state index in [9.17, 15) is 13.2 Å². The molecule has 21 heavy (non-hydrogen) atoms. The molecule has 0 aliphatic carbocycles. The van der Waals surface area contributed by atoms with Gasteiger partial charge in [0, 0.05) is 25.7 Å². The molecule has 2 rings (SSSR count). The second-order valence-corrected chi connectivity index (χ2v) is 7.07. The van der Waals surface area contributed by atoms with E-state index in [1.807, 2.05) is 14.0 Å². The molecule has 7 nitrogen and oxygen atoms in total. The molecule has 1 saturated heterocycles. The third kappa shape index (κ3) is 2.97. The normalized spacial score (nSPS) is 20.8. The zero-order valence-electron chi connectivity index (χ0n) is 12.7. The highest BCUT2D eigenvalue weighted by molar-refractivity contribution is 7.89. The number of amides is 1. The Morgan fingerprint density at radius 1 is 1.29 bits per heavy atom. The summed E-state index contributed by atoms with van der Waals surface area (Å²) in [6.07, 6.45) is 0. The maximum atomic E-state index is 12.7. The van der Waals surface area contributed by atoms with Gasteiger partial charge in [-0.15, -0.1) is 0 Å². The number of nitrogens with zero attached hydrogens (tertiary/aromatic N) is 2. The highest BCUT2D eigenvalue weighted by atomic mass is 32.2. The van der Waals surface area contributed by atoms with Gasteiger partial charge in [0.2, 0.25) is 10.0 Å². The van der Waals surface area contributed by atoms with Crippen molar-refractivity contribution in [3.8, 4) is 0 Å². The molecule has 8 heteroatoms. The van der Waals surface area contributed by atoms with Crippen molar-refractivity contribution in [2.24, 2.45) is 5.14 Å². The standard InChI is InChI=1S/C13H21N3O4S/c1-8-7-15(4)5-6-16(8)13(17)11-9(2)20-10(3)12(11)21(14,18)19/h8H,5-7H2,1-4H3,(H2,14,18,19)/t8-/m0/s1. The number of likely N-dealkylation sites (N-methyl/N-ethyl adjacent to an activating group) is 1. The first-order valence-electron chi connectivity index (χ1n) is 6.75. The lowest BCUT2D eigenvalue weighted by atomic mass is 10.1. The van der Waals surface area contributed by atoms with Gasteiger partial charge in [-0.05, 0) is 27.8 Å². The number of nitrogens with two attached hydrogens (primary N) is 1. The van der Waals surface area contributed by atoms with E-state index in [0.29, 0.717) is 6.54 Å². The zero-order chi connectivity index (χ0) is 15.9. The Bertz CT molecular complexity index is 665. The fourth-order valence-corrected chi connectivity index (χ4v) is 3.80. The Morgan fingerprint density at radius 3 is 2.43 bits per heavy atom. The second kappa shape index (κ2) is 5.43. The molecule has 0 bridgehead atoms. The quantitative estimate of drug-likeness (QED) is 0.848. The van der Waals surface area contributed by atoms with Crippen LogP contribution in [-0.2, 0) is 10.0 Å². The number of sulfonamides is 1. The van der Waals surface area contributed by atoms with Crippen LogP contribution in [0, 0.1) is 13.8 Å². The fraction of sp³-hybridized carbons (Fsp3) is 0.615. The fourth-order valence-electron chi connectivity index (χ4n) is 2.84. The molecular formula is C13H21N3O4S. The number of carbonyl (C=O) groups excluding carboxylic acids is 1. The van der Waals surface area contributed by atoms with Gasteiger partial charge in [-0.3, -0.25) is 4.79 Å². The molecule has 118 valence electrons. The van der Waals surface area contributed by atoms with Gasteiger partial charge >= 0.3 is 0 Å². The predicted octanol–water partition coefficient (Wildman–Crippen LogP) is 0.320. The van der Waals surface area contributed by atoms with Crippen LogP contribution in [0.1, 0.15) is 28.8 Å². The Morgan fingerprint density at radius 2 is 1.90 bits per heavy atom. The van der Waals surface area contributed by atoms with Crippen LogP contribution < -0.4 is 5.14 Å². The Kier molecular flexibility index (Phi) is 4.14. The molecule has 1 aromatic heterocycles. The first kappa shape index (κ1) is 16.0. The number of carbonyl (C=O) groups is 1. The number of aryl methyl sites for hydroxylation is 2. The molecular weight excluding hydrogens is 294 g/mol. The topological polar surface area (TPSA) is 96.8 Å². The van der Waals surface area contributed by atoms with Gasteiger partial charge in [-0.25, -0.2) is 13.6 Å². The van der Waals surface area contributed by atoms with Gasteiger partial charge in [0.1, 0.15) is 22.0 Å². The van der Waals surface area contributed by atoms with Crippen molar-refractivity contribution < 1.29 is 17.6 Å². The van der Waals surface area contributed by atoms with E-state index in [4.69, 9.17) is 9.56 Å². The summed E-state index contributed by atoms with van der Waals surface area (Å²) < 4.78 is 28.8. The van der Waals surface area contributed by atoms with Crippen molar-refractivity contribution in [3.63, 3.8) is 0 Å². The van der Waals surface area contributed by atoms with E-state index in [0.717, 1.165) is 13.1 Å². The van der Waals surface area contributed by atoms with Crippen molar-refractivity contribution in [2.45, 2.75) is 31.7 Å². The van der Waals surface area contributed by atoms with Crippen molar-refractivity contribution in [2.75, 3.05) is 26.7 Å². The van der Waals surface area contributed by atoms with E-state index in [1.165, 1.54) is 6.92 Å². The molecule has 1 aromatic rings. The lowest BCUT2D eigenvalue weighted by molar-refractivity contribution is 0.0528. The van der Waals surface area contributed by atoms with E-state index in [2.05, 4.69) is 4.90 Å². The average molecular weight is 315 g/mol. The minimum Gasteiger partial charge on any atom is -0.464 e. The molecule has 0 unspecified atom stereocenters. The summed E-state index contributed by atoms with van der Waals surface area (Å²) in [6.45, 7) is 7.05. The number of primary sulfonamides is 1. The van der Waals surface area contributed by atoms with Gasteiger partial charge < -0.3 is 14.2 Å². The first-order chi connectivity index (χ1) is 9.62. The number of hydrogen-bond acceptors (Lipinski definition) is 5. The van der Waals surface area contributed by atoms with Gasteiger partial charge in [-0.1, -0.05) is 0 Å². The van der Waals surface area contributed by atoms with E-state index in [1.54, 1.807) is 11.8 Å². The molecule has 2 heterocycles. The summed E-state index contributed by atoms with van der Waals surface area (Å²) in [5.74, 6) is 0.0989. The minimum absolute atomic E-state index is 0.000755. The average Bonchev–Trinajstić information content (AvgIpc) is 2.63. The molecule has 1 aliphatic heterocycles. The van der Waals surface area contributed by atoms with Crippen LogP contribution in [0.15, 0.2) is 9.31 Å². The largest absolute Gasteiger partial charge is 0.464 e. The first-order valence-corrected chi connectivity index (χ1v) is 8.30. The molecule has 0 saturated carbocycles. The summed E-state index contributed by atoms with van der Waals surface area (Å²) >= 11 is 0. The van der Waals surface area contributed by atoms with Crippen molar-refractivity contribution in [1.29, 1.82) is 0 Å². The molecule has 0 spiro atoms. The summed E-state index contributed by atoms with van der Waals surface area (Å²) in [5, 5.41) is 5.23. The van der Waals surface area contributed by atoms with E-state index >= 15 is 0 Å². The minimum atomic E-state index is -4.01. The van der Waals surface area contributed by atoms with E-state index in [-0.39, 0.29) is 33.9 Å². The van der Waals surface area contributed by atoms with Gasteiger partial charge in [-0.2, -0.15) is 0 Å². The second-order valence-electron chi connectivity index (χ2n) is 5.57. The molecule has 1 aliphatic rings. The van der Waals surface area contributed by atoms with Crippen LogP contribution in [0.5, 0.6) is 0 Å². The molecule has 2 N–H and O–H groups in total. The summed E-state index contributed by atoms with van der Waals surface area (Å²) in [6, 6.07) is -0.000755. The Hall–Kier alpha value is -1.38. The monoisotopic (exact) mass is 315 g/mol. The molecule has 1 amide bonds. The number of piperazine rings is 1. The van der Waals surface area contributed by atoms with Crippen molar-refractivity contribution in [3.05, 3.63) is 17.1 Å². The maximum absolute atomic E-state index is 12.7. The van der Waals surface area contributed by atoms with Gasteiger partial charge in [0.25, 0.3) is 5.91 Å². The van der Waals surface area contributed by atoms with Crippen molar-refractivity contribution >= 4 is 15.9 Å². The Balaban J connectivity index is 2.45. The predicted molar refractivity (Wildman–Crippen MR) is 77.6 cm³/mol. The molecule has 0 radical (unpaired) electrons. The number of rotatable bonds is 2. The smallest absolute Gasteiger partial charge is 0.259 e. The van der Waals surface area contributed by atoms with Crippen LogP contribution in [0.4, 0.5) is 0 Å². The lowest BCUT2D eigenvalue weighted by Gasteiger charge is -2.38. The molecule has 1 fully saturated rings. The van der Waals surface area contributed by atoms with Crippen LogP contribution in [0.25, 0.3) is 0 Å². The zero-order valence-corrected chi connectivity index (χ0v) is 13.5. The summed E-state index contributed by atoms with van der Waals surface area (Å²) in [7, 11) is -2.02. The third-order valence-corrected chi connectivity index (χ3v) is 4.86. The third-order valence-electron chi connectivity index (χ3n) is 3.79. The highest BCUT2D eigenvalue weighted by Gasteiger charge is 2.34. The summed E-state index contributed by atoms with van der Waals surface area (Å²) in [4.78, 5) is 16.3. The summed E-state index contributed by atoms with van der Waals surface area (Å²) in [5.41, 5.74) is 0.0615. The van der Waals surface area contributed by atoms with Crippen LogP contribution in [0.2, 0.25) is 0 Å². The SMILES string of the molecule is Cc1oc(C)c(S(N)(=O)=O)c1C(=O)N1CCN(C)C[C@@H]1C. The lowest BCUT2D eigenvalue weighted by Crippen LogP contribution is -2.53. The van der Waals surface area contributed by atoms with Gasteiger partial charge in [0.15, 0.2) is 0 Å². The van der Waals surface area contributed by atoms with Crippen molar-refractivity contribution in [1.82, 2.24) is 9.80 Å². The van der Waals surface area contributed by atoms with Gasteiger partial charge in [0.05, 0.1) is 0 Å². The van der Waals surface area contributed by atoms with Crippen LogP contribution >= 0.6 is 0 Å². The van der Waals surface area contributed by atoms with Crippen LogP contribution in [0.3, 0.4) is 0 Å². The molecule has 1 atom stereocenters. The highest BCUT2D eigenvalue weighted by Crippen LogP contribution is 2.28. The maximum Gasteiger partial charge on any atom is 0.259 e.